The third kappa shape index (κ3) is 3.07. The van der Waals surface area contributed by atoms with Gasteiger partial charge in [0.2, 0.25) is 0 Å². The maximum Gasteiger partial charge on any atom is 0.305 e. The maximum absolute atomic E-state index is 11.0. The van der Waals surface area contributed by atoms with Gasteiger partial charge in [0.25, 0.3) is 5.69 Å². The summed E-state index contributed by atoms with van der Waals surface area (Å²) in [7, 11) is 0. The molecule has 20 heavy (non-hydrogen) atoms. The Morgan fingerprint density at radius 2 is 2.25 bits per heavy atom. The van der Waals surface area contributed by atoms with Gasteiger partial charge >= 0.3 is 5.97 Å². The number of hydrogen-bond donors (Lipinski definition) is 1. The minimum absolute atomic E-state index is 0.0711. The average Bonchev–Trinajstić information content (AvgIpc) is 2.39. The Bertz CT molecular complexity index is 530. The van der Waals surface area contributed by atoms with Crippen LogP contribution < -0.4 is 4.90 Å². The number of nitrogens with zero attached hydrogens (tertiary/aromatic N) is 2. The van der Waals surface area contributed by atoms with E-state index in [0.29, 0.717) is 5.56 Å². The van der Waals surface area contributed by atoms with Crippen LogP contribution in [0.25, 0.3) is 0 Å². The first-order valence-corrected chi connectivity index (χ1v) is 6.72. The number of nitro groups is 1. The van der Waals surface area contributed by atoms with Crippen LogP contribution in [0.3, 0.4) is 0 Å². The summed E-state index contributed by atoms with van der Waals surface area (Å²) in [4.78, 5) is 23.5. The van der Waals surface area contributed by atoms with Crippen LogP contribution in [0.4, 0.5) is 11.4 Å². The average molecular weight is 278 g/mol. The molecule has 1 saturated heterocycles. The van der Waals surface area contributed by atoms with Crippen LogP contribution in [0.1, 0.15) is 31.2 Å². The molecule has 6 nitrogen and oxygen atoms in total. The van der Waals surface area contributed by atoms with Crippen LogP contribution in [-0.4, -0.2) is 28.6 Å². The number of benzene rings is 1. The van der Waals surface area contributed by atoms with Crippen LogP contribution in [0.15, 0.2) is 18.2 Å². The van der Waals surface area contributed by atoms with E-state index in [0.717, 1.165) is 31.5 Å². The molecule has 0 spiro atoms. The molecule has 1 atom stereocenters. The Labute approximate surface area is 117 Å². The van der Waals surface area contributed by atoms with E-state index in [9.17, 15) is 14.9 Å². The summed E-state index contributed by atoms with van der Waals surface area (Å²) in [5.41, 5.74) is 1.45. The second kappa shape index (κ2) is 5.90. The molecule has 1 unspecified atom stereocenters. The summed E-state index contributed by atoms with van der Waals surface area (Å²) >= 11 is 0. The van der Waals surface area contributed by atoms with E-state index in [1.165, 1.54) is 0 Å². The van der Waals surface area contributed by atoms with E-state index in [4.69, 9.17) is 5.11 Å². The monoisotopic (exact) mass is 278 g/mol. The Kier molecular flexibility index (Phi) is 4.22. The highest BCUT2D eigenvalue weighted by Gasteiger charge is 2.26. The molecule has 1 aromatic rings. The van der Waals surface area contributed by atoms with Crippen molar-refractivity contribution in [3.8, 4) is 0 Å². The molecule has 108 valence electrons. The number of nitro benzene ring substituents is 1. The quantitative estimate of drug-likeness (QED) is 0.676. The minimum Gasteiger partial charge on any atom is -0.481 e. The topological polar surface area (TPSA) is 83.7 Å². The zero-order valence-electron chi connectivity index (χ0n) is 11.4. The molecule has 1 fully saturated rings. The number of rotatable bonds is 4. The van der Waals surface area contributed by atoms with E-state index in [1.807, 2.05) is 11.0 Å². The SMILES string of the molecule is Cc1ccc(N2CCCCC2CC(=O)O)cc1[N+](=O)[O-]. The molecule has 1 aromatic carbocycles. The van der Waals surface area contributed by atoms with Gasteiger partial charge in [-0.25, -0.2) is 0 Å². The van der Waals surface area contributed by atoms with Gasteiger partial charge in [-0.3, -0.25) is 14.9 Å². The van der Waals surface area contributed by atoms with Crippen molar-refractivity contribution >= 4 is 17.3 Å². The highest BCUT2D eigenvalue weighted by atomic mass is 16.6. The molecule has 0 radical (unpaired) electrons. The summed E-state index contributed by atoms with van der Waals surface area (Å²) in [6.07, 6.45) is 2.87. The smallest absolute Gasteiger partial charge is 0.305 e. The minimum atomic E-state index is -0.830. The van der Waals surface area contributed by atoms with E-state index in [1.54, 1.807) is 19.1 Å². The summed E-state index contributed by atoms with van der Waals surface area (Å²) in [5, 5.41) is 20.0. The van der Waals surface area contributed by atoms with Crippen molar-refractivity contribution in [3.63, 3.8) is 0 Å². The molecular weight excluding hydrogens is 260 g/mol. The second-order valence-electron chi connectivity index (χ2n) is 5.17. The van der Waals surface area contributed by atoms with Gasteiger partial charge in [-0.1, -0.05) is 6.07 Å². The summed E-state index contributed by atoms with van der Waals surface area (Å²) < 4.78 is 0. The van der Waals surface area contributed by atoms with Crippen LogP contribution in [0, 0.1) is 17.0 Å². The normalized spacial score (nSPS) is 18.9. The molecule has 0 saturated carbocycles. The molecule has 1 N–H and O–H groups in total. The number of hydrogen-bond acceptors (Lipinski definition) is 4. The van der Waals surface area contributed by atoms with Crippen molar-refractivity contribution in [2.75, 3.05) is 11.4 Å². The van der Waals surface area contributed by atoms with Crippen molar-refractivity contribution in [2.24, 2.45) is 0 Å². The van der Waals surface area contributed by atoms with Gasteiger partial charge in [-0.05, 0) is 32.3 Å². The van der Waals surface area contributed by atoms with Gasteiger partial charge in [-0.15, -0.1) is 0 Å². The number of anilines is 1. The number of carboxylic acids is 1. The number of carboxylic acid groups (broad SMARTS) is 1. The van der Waals surface area contributed by atoms with Crippen molar-refractivity contribution in [1.29, 1.82) is 0 Å². The number of aliphatic carboxylic acids is 1. The van der Waals surface area contributed by atoms with Gasteiger partial charge in [0.1, 0.15) is 0 Å². The summed E-state index contributed by atoms with van der Waals surface area (Å²) in [6.45, 7) is 2.45. The Balaban J connectivity index is 2.30. The fourth-order valence-corrected chi connectivity index (χ4v) is 2.73. The molecule has 1 heterocycles. The van der Waals surface area contributed by atoms with Gasteiger partial charge in [0, 0.05) is 29.9 Å². The highest BCUT2D eigenvalue weighted by molar-refractivity contribution is 5.69. The first kappa shape index (κ1) is 14.3. The fraction of sp³-hybridized carbons (Fsp3) is 0.500. The van der Waals surface area contributed by atoms with E-state index < -0.39 is 10.9 Å². The van der Waals surface area contributed by atoms with Crippen molar-refractivity contribution < 1.29 is 14.8 Å². The predicted octanol–water partition coefficient (Wildman–Crippen LogP) is 2.74. The van der Waals surface area contributed by atoms with Gasteiger partial charge < -0.3 is 10.0 Å². The molecule has 0 bridgehead atoms. The first-order chi connectivity index (χ1) is 9.49. The zero-order chi connectivity index (χ0) is 14.7. The molecule has 6 heteroatoms. The lowest BCUT2D eigenvalue weighted by atomic mass is 9.98. The van der Waals surface area contributed by atoms with Gasteiger partial charge in [0.05, 0.1) is 11.3 Å². The van der Waals surface area contributed by atoms with Gasteiger partial charge in [0.15, 0.2) is 0 Å². The zero-order valence-corrected chi connectivity index (χ0v) is 11.4. The Morgan fingerprint density at radius 3 is 2.90 bits per heavy atom. The van der Waals surface area contributed by atoms with E-state index in [2.05, 4.69) is 0 Å². The highest BCUT2D eigenvalue weighted by Crippen LogP contribution is 2.30. The molecule has 0 amide bonds. The standard InChI is InChI=1S/C14H18N2O4/c1-10-5-6-12(8-13(10)16(19)20)15-7-3-2-4-11(15)9-14(17)18/h5-6,8,11H,2-4,7,9H2,1H3,(H,17,18). The van der Waals surface area contributed by atoms with Gasteiger partial charge in [-0.2, -0.15) is 0 Å². The number of piperidine rings is 1. The van der Waals surface area contributed by atoms with E-state index in [-0.39, 0.29) is 18.2 Å². The third-order valence-electron chi connectivity index (χ3n) is 3.76. The van der Waals surface area contributed by atoms with Crippen LogP contribution in [0.2, 0.25) is 0 Å². The van der Waals surface area contributed by atoms with Crippen molar-refractivity contribution in [1.82, 2.24) is 0 Å². The largest absolute Gasteiger partial charge is 0.481 e. The van der Waals surface area contributed by atoms with Crippen molar-refractivity contribution in [3.05, 3.63) is 33.9 Å². The lowest BCUT2D eigenvalue weighted by molar-refractivity contribution is -0.385. The predicted molar refractivity (Wildman–Crippen MR) is 75.1 cm³/mol. The lowest BCUT2D eigenvalue weighted by Crippen LogP contribution is -2.40. The summed E-state index contributed by atoms with van der Waals surface area (Å²) in [6, 6.07) is 5.03. The van der Waals surface area contributed by atoms with Crippen LogP contribution >= 0.6 is 0 Å². The molecule has 1 aliphatic heterocycles. The summed E-state index contributed by atoms with van der Waals surface area (Å²) in [5.74, 6) is -0.830. The molecule has 1 aliphatic rings. The van der Waals surface area contributed by atoms with Crippen molar-refractivity contribution in [2.45, 2.75) is 38.6 Å². The molecular formula is C14H18N2O4. The lowest BCUT2D eigenvalue weighted by Gasteiger charge is -2.36. The number of carbonyl (C=O) groups is 1. The molecule has 2 rings (SSSR count). The van der Waals surface area contributed by atoms with Crippen LogP contribution in [-0.2, 0) is 4.79 Å². The molecule has 0 aromatic heterocycles. The number of aryl methyl sites for hydroxylation is 1. The maximum atomic E-state index is 11.0. The Morgan fingerprint density at radius 1 is 1.50 bits per heavy atom. The second-order valence-corrected chi connectivity index (χ2v) is 5.17. The van der Waals surface area contributed by atoms with E-state index >= 15 is 0 Å². The Hall–Kier alpha value is -2.11. The third-order valence-corrected chi connectivity index (χ3v) is 3.76. The molecule has 0 aliphatic carbocycles. The fourth-order valence-electron chi connectivity index (χ4n) is 2.73. The van der Waals surface area contributed by atoms with Crippen LogP contribution in [0.5, 0.6) is 0 Å². The first-order valence-electron chi connectivity index (χ1n) is 6.72.